The lowest BCUT2D eigenvalue weighted by atomic mass is 10.0. The van der Waals surface area contributed by atoms with Gasteiger partial charge in [0.2, 0.25) is 0 Å². The molecule has 0 aromatic carbocycles. The Morgan fingerprint density at radius 3 is 2.08 bits per heavy atom. The third kappa shape index (κ3) is 2.75. The molecular formula is C8H18O3S. The highest BCUT2D eigenvalue weighted by atomic mass is 32.2. The maximum Gasteiger partial charge on any atom is 0.270 e. The Kier molecular flexibility index (Phi) is 4.20. The van der Waals surface area contributed by atoms with Crippen molar-refractivity contribution in [3.05, 3.63) is 0 Å². The van der Waals surface area contributed by atoms with Crippen LogP contribution in [0, 0.1) is 0 Å². The molecule has 0 heterocycles. The molecule has 1 atom stereocenters. The summed E-state index contributed by atoms with van der Waals surface area (Å²) >= 11 is 0. The van der Waals surface area contributed by atoms with Crippen LogP contribution in [0.4, 0.5) is 0 Å². The summed E-state index contributed by atoms with van der Waals surface area (Å²) in [4.78, 5) is 0. The average molecular weight is 194 g/mol. The fourth-order valence-corrected chi connectivity index (χ4v) is 1.81. The minimum atomic E-state index is -3.89. The second-order valence-electron chi connectivity index (χ2n) is 3.38. The van der Waals surface area contributed by atoms with Crippen LogP contribution in [0.5, 0.6) is 0 Å². The molecule has 0 aromatic heterocycles. The molecule has 1 N–H and O–H groups in total. The second-order valence-corrected chi connectivity index (χ2v) is 5.32. The van der Waals surface area contributed by atoms with E-state index in [1.807, 2.05) is 6.92 Å². The van der Waals surface area contributed by atoms with Crippen LogP contribution in [0.15, 0.2) is 0 Å². The van der Waals surface area contributed by atoms with Crippen LogP contribution < -0.4 is 0 Å². The first kappa shape index (κ1) is 11.9. The lowest BCUT2D eigenvalue weighted by Crippen LogP contribution is -2.34. The van der Waals surface area contributed by atoms with E-state index in [2.05, 4.69) is 0 Å². The van der Waals surface area contributed by atoms with Gasteiger partial charge in [-0.25, -0.2) is 0 Å². The first-order valence-electron chi connectivity index (χ1n) is 4.34. The first-order valence-corrected chi connectivity index (χ1v) is 5.78. The highest BCUT2D eigenvalue weighted by Gasteiger charge is 2.34. The highest BCUT2D eigenvalue weighted by Crippen LogP contribution is 2.26. The van der Waals surface area contributed by atoms with Gasteiger partial charge >= 0.3 is 0 Å². The summed E-state index contributed by atoms with van der Waals surface area (Å²) < 4.78 is 29.9. The molecule has 0 bridgehead atoms. The topological polar surface area (TPSA) is 54.4 Å². The zero-order valence-corrected chi connectivity index (χ0v) is 8.82. The van der Waals surface area contributed by atoms with Crippen LogP contribution in [0.1, 0.15) is 46.5 Å². The van der Waals surface area contributed by atoms with E-state index < -0.39 is 14.9 Å². The van der Waals surface area contributed by atoms with Gasteiger partial charge in [0, 0.05) is 0 Å². The van der Waals surface area contributed by atoms with E-state index in [0.29, 0.717) is 12.8 Å². The average Bonchev–Trinajstić information content (AvgIpc) is 1.98. The van der Waals surface area contributed by atoms with E-state index in [0.717, 1.165) is 12.8 Å². The Labute approximate surface area is 74.9 Å². The molecule has 1 unspecified atom stereocenters. The van der Waals surface area contributed by atoms with E-state index >= 15 is 0 Å². The normalized spacial score (nSPS) is 17.3. The maximum absolute atomic E-state index is 10.9. The Morgan fingerprint density at radius 1 is 1.33 bits per heavy atom. The van der Waals surface area contributed by atoms with Crippen LogP contribution in [0.3, 0.4) is 0 Å². The summed E-state index contributed by atoms with van der Waals surface area (Å²) in [6.45, 7) is 5.38. The smallest absolute Gasteiger partial charge is 0.270 e. The molecule has 0 spiro atoms. The van der Waals surface area contributed by atoms with Gasteiger partial charge in [-0.05, 0) is 19.8 Å². The molecule has 0 aliphatic rings. The van der Waals surface area contributed by atoms with Crippen LogP contribution in [-0.2, 0) is 10.1 Å². The lowest BCUT2D eigenvalue weighted by Gasteiger charge is -2.23. The molecule has 0 radical (unpaired) electrons. The van der Waals surface area contributed by atoms with Crippen molar-refractivity contribution in [2.45, 2.75) is 51.2 Å². The van der Waals surface area contributed by atoms with Gasteiger partial charge in [-0.3, -0.25) is 4.55 Å². The summed E-state index contributed by atoms with van der Waals surface area (Å²) in [6.07, 6.45) is 2.79. The van der Waals surface area contributed by atoms with Crippen LogP contribution in [0.2, 0.25) is 0 Å². The largest absolute Gasteiger partial charge is 0.285 e. The fourth-order valence-electron chi connectivity index (χ4n) is 1.04. The van der Waals surface area contributed by atoms with E-state index in [1.54, 1.807) is 13.8 Å². The molecule has 0 aliphatic carbocycles. The van der Waals surface area contributed by atoms with Crippen LogP contribution in [-0.4, -0.2) is 17.7 Å². The zero-order chi connectivity index (χ0) is 9.83. The van der Waals surface area contributed by atoms with Gasteiger partial charge in [0.15, 0.2) is 0 Å². The molecule has 0 saturated carbocycles. The summed E-state index contributed by atoms with van der Waals surface area (Å²) in [5, 5.41) is 0. The van der Waals surface area contributed by atoms with Crippen molar-refractivity contribution >= 4 is 10.1 Å². The van der Waals surface area contributed by atoms with E-state index in [-0.39, 0.29) is 0 Å². The Bertz CT molecular complexity index is 220. The Balaban J connectivity index is 4.47. The van der Waals surface area contributed by atoms with Crippen LogP contribution >= 0.6 is 0 Å². The van der Waals surface area contributed by atoms with Gasteiger partial charge in [-0.1, -0.05) is 26.7 Å². The zero-order valence-electron chi connectivity index (χ0n) is 8.00. The second kappa shape index (κ2) is 4.23. The summed E-state index contributed by atoms with van der Waals surface area (Å²) in [7, 11) is -3.89. The van der Waals surface area contributed by atoms with Gasteiger partial charge in [-0.2, -0.15) is 8.42 Å². The number of rotatable bonds is 5. The number of hydrogen-bond acceptors (Lipinski definition) is 2. The van der Waals surface area contributed by atoms with Gasteiger partial charge in [-0.15, -0.1) is 0 Å². The molecular weight excluding hydrogens is 176 g/mol. The molecule has 3 nitrogen and oxygen atoms in total. The maximum atomic E-state index is 10.9. The summed E-state index contributed by atoms with van der Waals surface area (Å²) in [6, 6.07) is 0. The van der Waals surface area contributed by atoms with Crippen molar-refractivity contribution in [1.82, 2.24) is 0 Å². The minimum absolute atomic E-state index is 0.464. The van der Waals surface area contributed by atoms with Gasteiger partial charge < -0.3 is 0 Å². The standard InChI is InChI=1S/C8H18O3S/c1-4-6-7-8(3,5-2)12(9,10)11/h4-7H2,1-3H3,(H,9,10,11). The van der Waals surface area contributed by atoms with Crippen LogP contribution in [0.25, 0.3) is 0 Å². The van der Waals surface area contributed by atoms with Gasteiger partial charge in [0.25, 0.3) is 10.1 Å². The quantitative estimate of drug-likeness (QED) is 0.683. The predicted molar refractivity (Wildman–Crippen MR) is 49.8 cm³/mol. The summed E-state index contributed by atoms with van der Waals surface area (Å²) in [5.74, 6) is 0. The lowest BCUT2D eigenvalue weighted by molar-refractivity contribution is 0.406. The molecule has 4 heteroatoms. The van der Waals surface area contributed by atoms with E-state index in [9.17, 15) is 8.42 Å². The molecule has 0 fully saturated rings. The third-order valence-electron chi connectivity index (χ3n) is 2.43. The molecule has 12 heavy (non-hydrogen) atoms. The van der Waals surface area contributed by atoms with E-state index in [1.165, 1.54) is 0 Å². The fraction of sp³-hybridized carbons (Fsp3) is 1.00. The van der Waals surface area contributed by atoms with Crippen molar-refractivity contribution < 1.29 is 13.0 Å². The summed E-state index contributed by atoms with van der Waals surface area (Å²) in [5.41, 5.74) is 0. The highest BCUT2D eigenvalue weighted by molar-refractivity contribution is 7.87. The van der Waals surface area contributed by atoms with Crippen molar-refractivity contribution in [3.8, 4) is 0 Å². The first-order chi connectivity index (χ1) is 5.37. The SMILES string of the molecule is CCCCC(C)(CC)S(=O)(=O)O. The molecule has 0 amide bonds. The van der Waals surface area contributed by atoms with Crippen molar-refractivity contribution in [1.29, 1.82) is 0 Å². The molecule has 0 saturated heterocycles. The van der Waals surface area contributed by atoms with Gasteiger partial charge in [0.05, 0.1) is 4.75 Å². The molecule has 74 valence electrons. The Hall–Kier alpha value is -0.0900. The molecule has 0 aliphatic heterocycles. The van der Waals surface area contributed by atoms with Crippen molar-refractivity contribution in [3.63, 3.8) is 0 Å². The third-order valence-corrected chi connectivity index (χ3v) is 4.17. The van der Waals surface area contributed by atoms with Crippen molar-refractivity contribution in [2.24, 2.45) is 0 Å². The Morgan fingerprint density at radius 2 is 1.83 bits per heavy atom. The van der Waals surface area contributed by atoms with Gasteiger partial charge in [0.1, 0.15) is 0 Å². The number of unbranched alkanes of at least 4 members (excludes halogenated alkanes) is 1. The van der Waals surface area contributed by atoms with E-state index in [4.69, 9.17) is 4.55 Å². The number of hydrogen-bond donors (Lipinski definition) is 1. The predicted octanol–water partition coefficient (Wildman–Crippen LogP) is 2.23. The monoisotopic (exact) mass is 194 g/mol. The molecule has 0 aromatic rings. The van der Waals surface area contributed by atoms with Crippen molar-refractivity contribution in [2.75, 3.05) is 0 Å². The minimum Gasteiger partial charge on any atom is -0.285 e. The molecule has 0 rings (SSSR count).